The molecule has 0 saturated heterocycles. The van der Waals surface area contributed by atoms with Gasteiger partial charge in [-0.1, -0.05) is 11.6 Å². The van der Waals surface area contributed by atoms with Crippen LogP contribution in [0.1, 0.15) is 5.56 Å². The van der Waals surface area contributed by atoms with Crippen molar-refractivity contribution in [3.8, 4) is 5.75 Å². The van der Waals surface area contributed by atoms with E-state index in [1.165, 1.54) is 6.33 Å². The average Bonchev–Trinajstić information content (AvgIpc) is 2.66. The zero-order chi connectivity index (χ0) is 20.3. The Morgan fingerprint density at radius 3 is 2.21 bits per heavy atom. The lowest BCUT2D eigenvalue weighted by Gasteiger charge is -2.14. The SMILES string of the molecule is COc1ccc(Nc2ncnc(Nc3ncc(C(F)(F)F)cc3Cl)c2N)cc1. The lowest BCUT2D eigenvalue weighted by atomic mass is 10.2. The first-order valence-corrected chi connectivity index (χ1v) is 8.17. The Morgan fingerprint density at radius 2 is 1.64 bits per heavy atom. The van der Waals surface area contributed by atoms with Gasteiger partial charge in [-0.25, -0.2) is 15.0 Å². The van der Waals surface area contributed by atoms with Gasteiger partial charge in [-0.15, -0.1) is 0 Å². The van der Waals surface area contributed by atoms with Gasteiger partial charge in [0.1, 0.15) is 23.6 Å². The molecular weight excluding hydrogens is 397 g/mol. The maximum Gasteiger partial charge on any atom is 0.417 e. The molecule has 0 atom stereocenters. The van der Waals surface area contributed by atoms with Crippen molar-refractivity contribution in [2.45, 2.75) is 6.18 Å². The molecule has 0 spiro atoms. The van der Waals surface area contributed by atoms with Gasteiger partial charge in [-0.2, -0.15) is 13.2 Å². The van der Waals surface area contributed by atoms with Crippen LogP contribution in [-0.4, -0.2) is 22.1 Å². The van der Waals surface area contributed by atoms with E-state index in [9.17, 15) is 13.2 Å². The largest absolute Gasteiger partial charge is 0.497 e. The molecule has 3 rings (SSSR count). The number of alkyl halides is 3. The molecule has 0 unspecified atom stereocenters. The summed E-state index contributed by atoms with van der Waals surface area (Å²) < 4.78 is 43.3. The van der Waals surface area contributed by atoms with E-state index in [2.05, 4.69) is 25.6 Å². The molecule has 146 valence electrons. The third-order valence-corrected chi connectivity index (χ3v) is 3.93. The van der Waals surface area contributed by atoms with Gasteiger partial charge in [0.2, 0.25) is 0 Å². The molecule has 0 aliphatic heterocycles. The lowest BCUT2D eigenvalue weighted by molar-refractivity contribution is -0.137. The van der Waals surface area contributed by atoms with Crippen LogP contribution in [0, 0.1) is 0 Å². The molecular formula is C17H14ClF3N6O. The highest BCUT2D eigenvalue weighted by molar-refractivity contribution is 6.33. The molecule has 0 saturated carbocycles. The van der Waals surface area contributed by atoms with E-state index in [1.807, 2.05) is 0 Å². The summed E-state index contributed by atoms with van der Waals surface area (Å²) in [5.41, 5.74) is 5.93. The normalized spacial score (nSPS) is 11.2. The second kappa shape index (κ2) is 7.77. The van der Waals surface area contributed by atoms with Crippen LogP contribution in [-0.2, 0) is 6.18 Å². The monoisotopic (exact) mass is 410 g/mol. The molecule has 7 nitrogen and oxygen atoms in total. The van der Waals surface area contributed by atoms with E-state index in [-0.39, 0.29) is 22.3 Å². The number of halogens is 4. The Balaban J connectivity index is 1.83. The summed E-state index contributed by atoms with van der Waals surface area (Å²) >= 11 is 5.90. The summed E-state index contributed by atoms with van der Waals surface area (Å²) in [5, 5.41) is 5.51. The van der Waals surface area contributed by atoms with Crippen molar-refractivity contribution in [1.29, 1.82) is 0 Å². The van der Waals surface area contributed by atoms with Crippen LogP contribution in [0.2, 0.25) is 5.02 Å². The molecule has 0 bridgehead atoms. The standard InChI is InChI=1S/C17H14ClF3N6O/c1-28-11-4-2-10(3-5-11)26-15-13(22)16(25-8-24-15)27-14-12(18)6-9(7-23-14)17(19,20)21/h2-8H,22H2,1H3,(H2,23,24,25,26,27). The summed E-state index contributed by atoms with van der Waals surface area (Å²) in [6.07, 6.45) is -2.64. The predicted octanol–water partition coefficient (Wildman–Crippen LogP) is 4.62. The molecule has 2 heterocycles. The van der Waals surface area contributed by atoms with Crippen molar-refractivity contribution >= 4 is 40.4 Å². The molecule has 4 N–H and O–H groups in total. The number of pyridine rings is 1. The highest BCUT2D eigenvalue weighted by Crippen LogP contribution is 2.34. The molecule has 0 amide bonds. The zero-order valence-corrected chi connectivity index (χ0v) is 15.1. The quantitative estimate of drug-likeness (QED) is 0.564. The summed E-state index contributed by atoms with van der Waals surface area (Å²) in [5.74, 6) is 1.10. The maximum atomic E-state index is 12.7. The smallest absolute Gasteiger partial charge is 0.417 e. The van der Waals surface area contributed by atoms with Gasteiger partial charge in [0.05, 0.1) is 17.7 Å². The van der Waals surface area contributed by atoms with E-state index in [4.69, 9.17) is 22.1 Å². The second-order valence-electron chi connectivity index (χ2n) is 5.52. The number of nitrogens with one attached hydrogen (secondary N) is 2. The Morgan fingerprint density at radius 1 is 1.00 bits per heavy atom. The summed E-state index contributed by atoms with van der Waals surface area (Å²) in [4.78, 5) is 11.8. The van der Waals surface area contributed by atoms with Gasteiger partial charge in [0, 0.05) is 11.9 Å². The van der Waals surface area contributed by atoms with Gasteiger partial charge in [0.25, 0.3) is 0 Å². The molecule has 1 aromatic carbocycles. The van der Waals surface area contributed by atoms with Crippen LogP contribution in [0.5, 0.6) is 5.75 Å². The van der Waals surface area contributed by atoms with E-state index in [0.29, 0.717) is 23.5 Å². The fourth-order valence-electron chi connectivity index (χ4n) is 2.20. The number of methoxy groups -OCH3 is 1. The van der Waals surface area contributed by atoms with E-state index in [1.54, 1.807) is 31.4 Å². The molecule has 0 radical (unpaired) electrons. The van der Waals surface area contributed by atoms with Crippen molar-refractivity contribution < 1.29 is 17.9 Å². The molecule has 11 heteroatoms. The Kier molecular flexibility index (Phi) is 5.41. The number of hydrogen-bond acceptors (Lipinski definition) is 7. The minimum atomic E-state index is -4.54. The minimum Gasteiger partial charge on any atom is -0.497 e. The summed E-state index contributed by atoms with van der Waals surface area (Å²) in [7, 11) is 1.56. The van der Waals surface area contributed by atoms with E-state index in [0.717, 1.165) is 6.07 Å². The Bertz CT molecular complexity index is 982. The second-order valence-corrected chi connectivity index (χ2v) is 5.92. The molecule has 0 fully saturated rings. The van der Waals surface area contributed by atoms with E-state index < -0.39 is 11.7 Å². The van der Waals surface area contributed by atoms with Crippen LogP contribution in [0.15, 0.2) is 42.9 Å². The molecule has 2 aromatic heterocycles. The summed E-state index contributed by atoms with van der Waals surface area (Å²) in [6.45, 7) is 0. The maximum absolute atomic E-state index is 12.7. The average molecular weight is 411 g/mol. The number of nitrogens with zero attached hydrogens (tertiary/aromatic N) is 3. The first kappa shape index (κ1) is 19.5. The predicted molar refractivity (Wildman–Crippen MR) is 100 cm³/mol. The van der Waals surface area contributed by atoms with Crippen LogP contribution in [0.25, 0.3) is 0 Å². The number of anilines is 5. The number of rotatable bonds is 5. The number of aromatic nitrogens is 3. The van der Waals surface area contributed by atoms with Crippen LogP contribution < -0.4 is 21.1 Å². The molecule has 0 aliphatic rings. The van der Waals surface area contributed by atoms with Gasteiger partial charge in [-0.3, -0.25) is 0 Å². The highest BCUT2D eigenvalue weighted by Gasteiger charge is 2.31. The van der Waals surface area contributed by atoms with Crippen molar-refractivity contribution in [3.05, 3.63) is 53.4 Å². The first-order chi connectivity index (χ1) is 13.3. The Hall–Kier alpha value is -3.27. The first-order valence-electron chi connectivity index (χ1n) is 7.79. The van der Waals surface area contributed by atoms with Gasteiger partial charge in [0.15, 0.2) is 11.6 Å². The fraction of sp³-hybridized carbons (Fsp3) is 0.118. The fourth-order valence-corrected chi connectivity index (χ4v) is 2.42. The van der Waals surface area contributed by atoms with Crippen molar-refractivity contribution in [3.63, 3.8) is 0 Å². The van der Waals surface area contributed by atoms with Crippen LogP contribution >= 0.6 is 11.6 Å². The van der Waals surface area contributed by atoms with Crippen LogP contribution in [0.4, 0.5) is 42.0 Å². The van der Waals surface area contributed by atoms with Crippen LogP contribution in [0.3, 0.4) is 0 Å². The number of benzene rings is 1. The van der Waals surface area contributed by atoms with Gasteiger partial charge in [-0.05, 0) is 30.3 Å². The minimum absolute atomic E-state index is 0.0181. The van der Waals surface area contributed by atoms with Crippen molar-refractivity contribution in [2.75, 3.05) is 23.5 Å². The van der Waals surface area contributed by atoms with E-state index >= 15 is 0 Å². The molecule has 3 aromatic rings. The van der Waals surface area contributed by atoms with Crippen molar-refractivity contribution in [2.24, 2.45) is 0 Å². The number of nitrogen functional groups attached to an aromatic ring is 1. The number of nitrogens with two attached hydrogens (primary N) is 1. The summed E-state index contributed by atoms with van der Waals surface area (Å²) in [6, 6.07) is 7.81. The highest BCUT2D eigenvalue weighted by atomic mass is 35.5. The lowest BCUT2D eigenvalue weighted by Crippen LogP contribution is -2.08. The third-order valence-electron chi connectivity index (χ3n) is 3.64. The zero-order valence-electron chi connectivity index (χ0n) is 14.4. The third kappa shape index (κ3) is 4.34. The number of ether oxygens (including phenoxy) is 1. The topological polar surface area (TPSA) is 98.0 Å². The number of hydrogen-bond donors (Lipinski definition) is 3. The van der Waals surface area contributed by atoms with Gasteiger partial charge >= 0.3 is 6.18 Å². The Labute approximate surface area is 162 Å². The molecule has 28 heavy (non-hydrogen) atoms. The van der Waals surface area contributed by atoms with Crippen molar-refractivity contribution in [1.82, 2.24) is 15.0 Å². The van der Waals surface area contributed by atoms with Gasteiger partial charge < -0.3 is 21.1 Å². The molecule has 0 aliphatic carbocycles.